The fourth-order valence-corrected chi connectivity index (χ4v) is 4.03. The molecule has 1 aromatic carbocycles. The van der Waals surface area contributed by atoms with Crippen LogP contribution < -0.4 is 10.1 Å². The number of pyridine rings is 1. The van der Waals surface area contributed by atoms with Gasteiger partial charge in [-0.05, 0) is 39.2 Å². The summed E-state index contributed by atoms with van der Waals surface area (Å²) in [7, 11) is 3.99. The SMILES string of the molecule is CC(Oc1ccc2[nH]nc(C(=O)Nc3cnn(CCN(C)C)c3)c2c1)c1c(Cl)cncc1Cl. The lowest BCUT2D eigenvalue weighted by Crippen LogP contribution is -2.18. The van der Waals surface area contributed by atoms with E-state index in [0.29, 0.717) is 37.9 Å². The Bertz CT molecular complexity index is 1260. The molecule has 0 aliphatic carbocycles. The lowest BCUT2D eigenvalue weighted by molar-refractivity contribution is 0.102. The summed E-state index contributed by atoms with van der Waals surface area (Å²) in [6.07, 6.45) is 6.01. The number of nitrogens with one attached hydrogen (secondary N) is 2. The highest BCUT2D eigenvalue weighted by molar-refractivity contribution is 6.35. The molecule has 1 unspecified atom stereocenters. The molecule has 0 bridgehead atoms. The van der Waals surface area contributed by atoms with Crippen LogP contribution in [-0.2, 0) is 6.54 Å². The molecular formula is C22H23Cl2N7O2. The predicted octanol–water partition coefficient (Wildman–Crippen LogP) is 4.42. The molecule has 4 rings (SSSR count). The Kier molecular flexibility index (Phi) is 6.83. The Labute approximate surface area is 200 Å². The number of likely N-dealkylation sites (N-methyl/N-ethyl adjacent to an activating group) is 1. The summed E-state index contributed by atoms with van der Waals surface area (Å²) in [5, 5.41) is 15.7. The van der Waals surface area contributed by atoms with Crippen LogP contribution in [0, 0.1) is 0 Å². The quantitative estimate of drug-likeness (QED) is 0.381. The summed E-state index contributed by atoms with van der Waals surface area (Å²) >= 11 is 12.5. The molecule has 1 atom stereocenters. The Hall–Kier alpha value is -3.14. The van der Waals surface area contributed by atoms with Crippen LogP contribution in [0.4, 0.5) is 5.69 Å². The molecule has 0 fully saturated rings. The number of hydrogen-bond donors (Lipinski definition) is 2. The van der Waals surface area contributed by atoms with Crippen molar-refractivity contribution in [2.24, 2.45) is 0 Å². The molecule has 0 aliphatic heterocycles. The highest BCUT2D eigenvalue weighted by Crippen LogP contribution is 2.33. The molecule has 1 amide bonds. The number of H-pyrrole nitrogens is 1. The molecule has 33 heavy (non-hydrogen) atoms. The number of aromatic amines is 1. The molecule has 0 spiro atoms. The van der Waals surface area contributed by atoms with Crippen LogP contribution in [0.25, 0.3) is 10.9 Å². The lowest BCUT2D eigenvalue weighted by Gasteiger charge is -2.17. The topological polar surface area (TPSA) is 101 Å². The van der Waals surface area contributed by atoms with Crippen molar-refractivity contribution in [1.82, 2.24) is 29.9 Å². The summed E-state index contributed by atoms with van der Waals surface area (Å²) in [6, 6.07) is 5.35. The fraction of sp³-hybridized carbons (Fsp3) is 0.273. The third-order valence-corrected chi connectivity index (χ3v) is 5.63. The third kappa shape index (κ3) is 5.27. The van der Waals surface area contributed by atoms with Crippen LogP contribution in [0.2, 0.25) is 10.0 Å². The largest absolute Gasteiger partial charge is 0.486 e. The Morgan fingerprint density at radius 1 is 1.24 bits per heavy atom. The van der Waals surface area contributed by atoms with Crippen LogP contribution >= 0.6 is 23.2 Å². The Balaban J connectivity index is 1.51. The number of fused-ring (bicyclic) bond motifs is 1. The van der Waals surface area contributed by atoms with Gasteiger partial charge in [0.25, 0.3) is 5.91 Å². The van der Waals surface area contributed by atoms with Crippen molar-refractivity contribution in [1.29, 1.82) is 0 Å². The molecule has 172 valence electrons. The maximum absolute atomic E-state index is 12.9. The van der Waals surface area contributed by atoms with E-state index in [1.807, 2.05) is 21.0 Å². The third-order valence-electron chi connectivity index (χ3n) is 5.03. The second kappa shape index (κ2) is 9.78. The van der Waals surface area contributed by atoms with Crippen LogP contribution in [0.5, 0.6) is 5.75 Å². The van der Waals surface area contributed by atoms with Gasteiger partial charge in [0.2, 0.25) is 0 Å². The van der Waals surface area contributed by atoms with Gasteiger partial charge in [-0.3, -0.25) is 19.6 Å². The van der Waals surface area contributed by atoms with Crippen molar-refractivity contribution in [3.8, 4) is 5.75 Å². The zero-order valence-electron chi connectivity index (χ0n) is 18.3. The van der Waals surface area contributed by atoms with Gasteiger partial charge in [0.05, 0.1) is 34.0 Å². The van der Waals surface area contributed by atoms with E-state index in [2.05, 4.69) is 30.5 Å². The molecule has 11 heteroatoms. The van der Waals surface area contributed by atoms with Gasteiger partial charge in [-0.15, -0.1) is 0 Å². The van der Waals surface area contributed by atoms with Crippen LogP contribution in [-0.4, -0.2) is 56.4 Å². The first-order valence-electron chi connectivity index (χ1n) is 10.2. The number of hydrogen-bond acceptors (Lipinski definition) is 6. The van der Waals surface area contributed by atoms with E-state index in [-0.39, 0.29) is 11.6 Å². The fourth-order valence-electron chi connectivity index (χ4n) is 3.36. The van der Waals surface area contributed by atoms with Gasteiger partial charge in [0, 0.05) is 36.1 Å². The van der Waals surface area contributed by atoms with E-state index >= 15 is 0 Å². The minimum absolute atomic E-state index is 0.254. The predicted molar refractivity (Wildman–Crippen MR) is 128 cm³/mol. The summed E-state index contributed by atoms with van der Waals surface area (Å²) in [5.41, 5.74) is 2.20. The number of rotatable bonds is 8. The summed E-state index contributed by atoms with van der Waals surface area (Å²) < 4.78 is 7.83. The van der Waals surface area contributed by atoms with Gasteiger partial charge in [0.15, 0.2) is 5.69 Å². The maximum atomic E-state index is 12.9. The average molecular weight is 488 g/mol. The first-order valence-corrected chi connectivity index (χ1v) is 11.0. The van der Waals surface area contributed by atoms with Crippen molar-refractivity contribution >= 4 is 45.7 Å². The molecule has 0 radical (unpaired) electrons. The number of carbonyl (C=O) groups excluding carboxylic acids is 1. The normalized spacial score (nSPS) is 12.3. The van der Waals surface area contributed by atoms with Gasteiger partial charge < -0.3 is 15.0 Å². The molecule has 4 aromatic rings. The number of carbonyl (C=O) groups is 1. The minimum Gasteiger partial charge on any atom is -0.486 e. The first kappa shape index (κ1) is 23.0. The van der Waals surface area contributed by atoms with E-state index in [4.69, 9.17) is 27.9 Å². The van der Waals surface area contributed by atoms with E-state index < -0.39 is 6.10 Å². The van der Waals surface area contributed by atoms with Gasteiger partial charge in [-0.1, -0.05) is 23.2 Å². The van der Waals surface area contributed by atoms with Crippen LogP contribution in [0.15, 0.2) is 43.0 Å². The zero-order chi connectivity index (χ0) is 23.5. The van der Waals surface area contributed by atoms with Crippen molar-refractivity contribution < 1.29 is 9.53 Å². The summed E-state index contributed by atoms with van der Waals surface area (Å²) in [5.74, 6) is 0.199. The number of halogens is 2. The van der Waals surface area contributed by atoms with Gasteiger partial charge in [-0.2, -0.15) is 10.2 Å². The van der Waals surface area contributed by atoms with Crippen molar-refractivity contribution in [3.63, 3.8) is 0 Å². The second-order valence-electron chi connectivity index (χ2n) is 7.81. The lowest BCUT2D eigenvalue weighted by atomic mass is 10.1. The average Bonchev–Trinajstić information content (AvgIpc) is 3.38. The molecular weight excluding hydrogens is 465 g/mol. The number of amides is 1. The number of benzene rings is 1. The van der Waals surface area contributed by atoms with Crippen LogP contribution in [0.3, 0.4) is 0 Å². The van der Waals surface area contributed by atoms with E-state index in [1.165, 1.54) is 12.4 Å². The smallest absolute Gasteiger partial charge is 0.276 e. The number of aromatic nitrogens is 5. The molecule has 0 saturated heterocycles. The van der Waals surface area contributed by atoms with E-state index in [9.17, 15) is 4.79 Å². The van der Waals surface area contributed by atoms with Gasteiger partial charge >= 0.3 is 0 Å². The van der Waals surface area contributed by atoms with Gasteiger partial charge in [-0.25, -0.2) is 0 Å². The Morgan fingerprint density at radius 3 is 2.73 bits per heavy atom. The summed E-state index contributed by atoms with van der Waals surface area (Å²) in [4.78, 5) is 18.9. The van der Waals surface area contributed by atoms with E-state index in [1.54, 1.807) is 35.3 Å². The Morgan fingerprint density at radius 2 is 2.00 bits per heavy atom. The molecule has 3 aromatic heterocycles. The van der Waals surface area contributed by atoms with E-state index in [0.717, 1.165) is 13.1 Å². The molecule has 0 saturated carbocycles. The molecule has 3 heterocycles. The minimum atomic E-state index is -0.428. The molecule has 0 aliphatic rings. The highest BCUT2D eigenvalue weighted by atomic mass is 35.5. The number of anilines is 1. The first-order chi connectivity index (χ1) is 15.8. The standard InChI is InChI=1S/C22H23Cl2N7O2/c1-13(20-17(23)10-25-11-18(20)24)33-15-4-5-19-16(8-15)21(29-28-19)22(32)27-14-9-26-31(12-14)7-6-30(2)3/h4-5,8-13H,6-7H2,1-3H3,(H,27,32)(H,28,29). The summed E-state index contributed by atoms with van der Waals surface area (Å²) in [6.45, 7) is 3.41. The van der Waals surface area contributed by atoms with Gasteiger partial charge in [0.1, 0.15) is 11.9 Å². The molecule has 9 nitrogen and oxygen atoms in total. The monoisotopic (exact) mass is 487 g/mol. The van der Waals surface area contributed by atoms with Crippen molar-refractivity contribution in [2.45, 2.75) is 19.6 Å². The molecule has 2 N–H and O–H groups in total. The zero-order valence-corrected chi connectivity index (χ0v) is 19.9. The number of ether oxygens (including phenoxy) is 1. The van der Waals surface area contributed by atoms with Crippen LogP contribution in [0.1, 0.15) is 29.1 Å². The van der Waals surface area contributed by atoms with Crippen molar-refractivity contribution in [3.05, 3.63) is 64.3 Å². The second-order valence-corrected chi connectivity index (χ2v) is 8.62. The van der Waals surface area contributed by atoms with Crippen molar-refractivity contribution in [2.75, 3.05) is 26.0 Å². The number of nitrogens with zero attached hydrogens (tertiary/aromatic N) is 5. The highest BCUT2D eigenvalue weighted by Gasteiger charge is 2.19. The maximum Gasteiger partial charge on any atom is 0.276 e.